The van der Waals surface area contributed by atoms with Gasteiger partial charge in [-0.1, -0.05) is 17.3 Å². The molecular formula is C13H13ClN2O2. The van der Waals surface area contributed by atoms with Crippen molar-refractivity contribution in [3.05, 3.63) is 35.4 Å². The highest BCUT2D eigenvalue weighted by atomic mass is 35.5. The van der Waals surface area contributed by atoms with Gasteiger partial charge in [0.2, 0.25) is 0 Å². The number of nitrogens with zero attached hydrogens (tertiary/aromatic N) is 2. The molecule has 2 rings (SSSR count). The molecule has 4 nitrogen and oxygen atoms in total. The zero-order valence-electron chi connectivity index (χ0n) is 10.2. The number of carbonyl (C=O) groups is 1. The van der Waals surface area contributed by atoms with E-state index in [0.717, 1.165) is 11.3 Å². The normalized spacial score (nSPS) is 16.7. The first-order valence-corrected chi connectivity index (χ1v) is 5.99. The first-order chi connectivity index (χ1) is 8.61. The maximum Gasteiger partial charge on any atom is 0.367 e. The number of hydrogen-bond donors (Lipinski definition) is 0. The molecule has 0 amide bonds. The van der Waals surface area contributed by atoms with Crippen molar-refractivity contribution < 1.29 is 9.63 Å². The molecule has 0 unspecified atom stereocenters. The Morgan fingerprint density at radius 1 is 1.33 bits per heavy atom. The van der Waals surface area contributed by atoms with Gasteiger partial charge >= 0.3 is 5.97 Å². The molecule has 0 saturated carbocycles. The number of carbonyl (C=O) groups excluding carboxylic acids is 1. The third-order valence-electron chi connectivity index (χ3n) is 2.62. The Morgan fingerprint density at radius 2 is 2.00 bits per heavy atom. The van der Waals surface area contributed by atoms with Gasteiger partial charge in [0.15, 0.2) is 0 Å². The van der Waals surface area contributed by atoms with E-state index in [1.54, 1.807) is 6.08 Å². The Bertz CT molecular complexity index is 518. The zero-order chi connectivity index (χ0) is 13.1. The number of oxime groups is 1. The molecule has 0 aliphatic carbocycles. The molecule has 1 aliphatic rings. The summed E-state index contributed by atoms with van der Waals surface area (Å²) in [5, 5.41) is 3.62. The van der Waals surface area contributed by atoms with Gasteiger partial charge in [-0.25, -0.2) is 4.79 Å². The summed E-state index contributed by atoms with van der Waals surface area (Å²) in [7, 11) is 3.94. The van der Waals surface area contributed by atoms with Gasteiger partial charge in [-0.15, -0.1) is 11.6 Å². The third-order valence-corrected chi connectivity index (χ3v) is 2.87. The minimum atomic E-state index is -0.456. The van der Waals surface area contributed by atoms with Gasteiger partial charge < -0.3 is 9.74 Å². The van der Waals surface area contributed by atoms with Crippen LogP contribution < -0.4 is 4.90 Å². The molecule has 5 heteroatoms. The van der Waals surface area contributed by atoms with Crippen molar-refractivity contribution in [1.82, 2.24) is 0 Å². The average molecular weight is 265 g/mol. The van der Waals surface area contributed by atoms with Crippen molar-refractivity contribution in [3.63, 3.8) is 0 Å². The lowest BCUT2D eigenvalue weighted by Gasteiger charge is -2.11. The molecule has 0 atom stereocenters. The first kappa shape index (κ1) is 12.6. The molecule has 1 heterocycles. The summed E-state index contributed by atoms with van der Waals surface area (Å²) >= 11 is 5.69. The number of hydrogen-bond acceptors (Lipinski definition) is 4. The molecule has 0 aromatic heterocycles. The van der Waals surface area contributed by atoms with Crippen molar-refractivity contribution in [3.8, 4) is 0 Å². The van der Waals surface area contributed by atoms with Crippen molar-refractivity contribution in [1.29, 1.82) is 0 Å². The summed E-state index contributed by atoms with van der Waals surface area (Å²) in [6.45, 7) is 0. The van der Waals surface area contributed by atoms with Gasteiger partial charge in [-0.3, -0.25) is 0 Å². The van der Waals surface area contributed by atoms with Crippen LogP contribution in [0.1, 0.15) is 5.56 Å². The van der Waals surface area contributed by atoms with Crippen LogP contribution in [0.2, 0.25) is 0 Å². The Morgan fingerprint density at radius 3 is 2.56 bits per heavy atom. The van der Waals surface area contributed by atoms with E-state index in [0.29, 0.717) is 11.3 Å². The van der Waals surface area contributed by atoms with Crippen molar-refractivity contribution >= 4 is 35.0 Å². The standard InChI is InChI=1S/C13H13ClN2O2/c1-16(2)10-5-3-9(4-6-10)7-11-12(8-14)15-18-13(11)17/h3-7H,8H2,1-2H3/b11-7+. The summed E-state index contributed by atoms with van der Waals surface area (Å²) < 4.78 is 0. The van der Waals surface area contributed by atoms with E-state index >= 15 is 0 Å². The lowest BCUT2D eigenvalue weighted by molar-refractivity contribution is -0.136. The zero-order valence-corrected chi connectivity index (χ0v) is 10.9. The largest absolute Gasteiger partial charge is 0.378 e. The maximum absolute atomic E-state index is 11.5. The van der Waals surface area contributed by atoms with Crippen LogP contribution in [0.4, 0.5) is 5.69 Å². The Hall–Kier alpha value is -1.81. The maximum atomic E-state index is 11.5. The van der Waals surface area contributed by atoms with E-state index in [1.807, 2.05) is 43.3 Å². The molecule has 1 aromatic carbocycles. The molecule has 1 aromatic rings. The Labute approximate surface area is 110 Å². The summed E-state index contributed by atoms with van der Waals surface area (Å²) in [6, 6.07) is 7.81. The monoisotopic (exact) mass is 264 g/mol. The smallest absolute Gasteiger partial charge is 0.367 e. The average Bonchev–Trinajstić information content (AvgIpc) is 2.71. The van der Waals surface area contributed by atoms with Crippen molar-refractivity contribution in [2.24, 2.45) is 5.16 Å². The first-order valence-electron chi connectivity index (χ1n) is 5.45. The second-order valence-corrected chi connectivity index (χ2v) is 4.36. The Balaban J connectivity index is 2.27. The molecule has 1 aliphatic heterocycles. The van der Waals surface area contributed by atoms with E-state index in [-0.39, 0.29) is 5.88 Å². The van der Waals surface area contributed by atoms with Crippen LogP contribution >= 0.6 is 11.6 Å². The van der Waals surface area contributed by atoms with Crippen LogP contribution in [0.25, 0.3) is 6.08 Å². The Kier molecular flexibility index (Phi) is 3.67. The fraction of sp³-hybridized carbons (Fsp3) is 0.231. The van der Waals surface area contributed by atoms with E-state index in [1.165, 1.54) is 0 Å². The van der Waals surface area contributed by atoms with Crippen LogP contribution in [0.5, 0.6) is 0 Å². The lowest BCUT2D eigenvalue weighted by Crippen LogP contribution is -2.08. The minimum absolute atomic E-state index is 0.160. The number of alkyl halides is 1. The molecule has 0 saturated heterocycles. The molecule has 94 valence electrons. The van der Waals surface area contributed by atoms with E-state index in [2.05, 4.69) is 9.99 Å². The molecule has 0 radical (unpaired) electrons. The fourth-order valence-electron chi connectivity index (χ4n) is 1.59. The predicted molar refractivity (Wildman–Crippen MR) is 73.0 cm³/mol. The molecule has 0 bridgehead atoms. The molecule has 0 spiro atoms. The van der Waals surface area contributed by atoms with E-state index in [4.69, 9.17) is 11.6 Å². The summed E-state index contributed by atoms with van der Waals surface area (Å²) in [6.07, 6.45) is 1.73. The van der Waals surface area contributed by atoms with E-state index in [9.17, 15) is 4.79 Å². The molecule has 18 heavy (non-hydrogen) atoms. The van der Waals surface area contributed by atoms with Crippen LogP contribution in [-0.4, -0.2) is 31.7 Å². The SMILES string of the molecule is CN(C)c1ccc(/C=C2/C(=O)ON=C2CCl)cc1. The van der Waals surface area contributed by atoms with Crippen molar-refractivity contribution in [2.45, 2.75) is 0 Å². The summed E-state index contributed by atoms with van der Waals surface area (Å²) in [4.78, 5) is 18.0. The van der Waals surface area contributed by atoms with Crippen LogP contribution in [-0.2, 0) is 9.63 Å². The highest BCUT2D eigenvalue weighted by Gasteiger charge is 2.24. The third kappa shape index (κ3) is 2.54. The van der Waals surface area contributed by atoms with Gasteiger partial charge in [0, 0.05) is 19.8 Å². The highest BCUT2D eigenvalue weighted by Crippen LogP contribution is 2.18. The lowest BCUT2D eigenvalue weighted by atomic mass is 10.1. The van der Waals surface area contributed by atoms with Gasteiger partial charge in [-0.2, -0.15) is 0 Å². The van der Waals surface area contributed by atoms with Crippen LogP contribution in [0.3, 0.4) is 0 Å². The van der Waals surface area contributed by atoms with Gasteiger partial charge in [0.1, 0.15) is 5.71 Å². The van der Waals surface area contributed by atoms with Crippen LogP contribution in [0, 0.1) is 0 Å². The quantitative estimate of drug-likeness (QED) is 0.478. The summed E-state index contributed by atoms with van der Waals surface area (Å²) in [5.74, 6) is -0.296. The topological polar surface area (TPSA) is 41.9 Å². The fourth-order valence-corrected chi connectivity index (χ4v) is 1.78. The number of benzene rings is 1. The molecule has 0 N–H and O–H groups in total. The van der Waals surface area contributed by atoms with Gasteiger partial charge in [-0.05, 0) is 23.8 Å². The van der Waals surface area contributed by atoms with Crippen LogP contribution in [0.15, 0.2) is 35.0 Å². The van der Waals surface area contributed by atoms with Crippen molar-refractivity contribution in [2.75, 3.05) is 24.9 Å². The van der Waals surface area contributed by atoms with E-state index < -0.39 is 5.97 Å². The molecule has 0 fully saturated rings. The second-order valence-electron chi connectivity index (χ2n) is 4.09. The second kappa shape index (κ2) is 5.23. The molecular weight excluding hydrogens is 252 g/mol. The summed E-state index contributed by atoms with van der Waals surface area (Å²) in [5.41, 5.74) is 2.89. The van der Waals surface area contributed by atoms with Gasteiger partial charge in [0.25, 0.3) is 0 Å². The minimum Gasteiger partial charge on any atom is -0.378 e. The number of anilines is 1. The highest BCUT2D eigenvalue weighted by molar-refractivity contribution is 6.38. The number of halogens is 1. The number of rotatable bonds is 3. The van der Waals surface area contributed by atoms with Gasteiger partial charge in [0.05, 0.1) is 11.5 Å². The predicted octanol–water partition coefficient (Wildman–Crippen LogP) is 2.29.